The smallest absolute Gasteiger partial charge is 0.229 e. The van der Waals surface area contributed by atoms with Crippen LogP contribution in [-0.2, 0) is 22.4 Å². The van der Waals surface area contributed by atoms with Crippen LogP contribution in [-0.4, -0.2) is 43.0 Å². The van der Waals surface area contributed by atoms with Crippen LogP contribution in [0.3, 0.4) is 0 Å². The molecule has 1 atom stereocenters. The van der Waals surface area contributed by atoms with Crippen molar-refractivity contribution in [1.82, 2.24) is 4.90 Å². The van der Waals surface area contributed by atoms with E-state index in [9.17, 15) is 9.59 Å². The fourth-order valence-corrected chi connectivity index (χ4v) is 3.89. The van der Waals surface area contributed by atoms with Crippen LogP contribution in [0.25, 0.3) is 0 Å². The third kappa shape index (κ3) is 4.35. The van der Waals surface area contributed by atoms with Gasteiger partial charge in [0.2, 0.25) is 11.8 Å². The van der Waals surface area contributed by atoms with Gasteiger partial charge < -0.3 is 14.5 Å². The molecule has 0 fully saturated rings. The highest BCUT2D eigenvalue weighted by Gasteiger charge is 2.30. The van der Waals surface area contributed by atoms with Gasteiger partial charge in [-0.15, -0.1) is 0 Å². The van der Waals surface area contributed by atoms with Gasteiger partial charge in [0.25, 0.3) is 0 Å². The number of ether oxygens (including phenoxy) is 1. The van der Waals surface area contributed by atoms with E-state index in [1.54, 1.807) is 18.9 Å². The quantitative estimate of drug-likeness (QED) is 0.739. The second-order valence-electron chi connectivity index (χ2n) is 7.26. The number of amides is 2. The van der Waals surface area contributed by atoms with E-state index < -0.39 is 0 Å². The van der Waals surface area contributed by atoms with Crippen LogP contribution in [0.15, 0.2) is 48.5 Å². The molecule has 5 nitrogen and oxygen atoms in total. The molecule has 0 bridgehead atoms. The highest BCUT2D eigenvalue weighted by atomic mass is 16.5. The normalized spacial score (nSPS) is 15.2. The van der Waals surface area contributed by atoms with E-state index in [2.05, 4.69) is 13.0 Å². The Balaban J connectivity index is 1.61. The van der Waals surface area contributed by atoms with E-state index >= 15 is 0 Å². The molecule has 148 valence electrons. The third-order valence-corrected chi connectivity index (χ3v) is 5.36. The van der Waals surface area contributed by atoms with Crippen molar-refractivity contribution in [3.8, 4) is 5.75 Å². The number of anilines is 1. The summed E-state index contributed by atoms with van der Waals surface area (Å²) in [5, 5.41) is 0. The van der Waals surface area contributed by atoms with Gasteiger partial charge >= 0.3 is 0 Å². The number of hydrogen-bond acceptors (Lipinski definition) is 3. The Labute approximate surface area is 166 Å². The standard InChI is InChI=1S/C23H28N2O3/c1-17-16-20-9-4-6-10-21(20)25(17)23(27)13-15-24(18(2)26)14-12-19-8-5-7-11-22(19)28-3/h4-11,17H,12-16H2,1-3H3. The van der Waals surface area contributed by atoms with Crippen LogP contribution in [0.2, 0.25) is 0 Å². The van der Waals surface area contributed by atoms with Crippen LogP contribution in [0.4, 0.5) is 5.69 Å². The fraction of sp³-hybridized carbons (Fsp3) is 0.391. The van der Waals surface area contributed by atoms with Gasteiger partial charge in [0, 0.05) is 38.2 Å². The van der Waals surface area contributed by atoms with Crippen molar-refractivity contribution >= 4 is 17.5 Å². The average Bonchev–Trinajstić information content (AvgIpc) is 3.03. The molecule has 3 rings (SSSR count). The Morgan fingerprint density at radius 1 is 1.11 bits per heavy atom. The summed E-state index contributed by atoms with van der Waals surface area (Å²) in [6, 6.07) is 16.0. The van der Waals surface area contributed by atoms with Crippen LogP contribution in [0.1, 0.15) is 31.4 Å². The van der Waals surface area contributed by atoms with Crippen molar-refractivity contribution in [3.63, 3.8) is 0 Å². The van der Waals surface area contributed by atoms with Crippen molar-refractivity contribution in [3.05, 3.63) is 59.7 Å². The third-order valence-electron chi connectivity index (χ3n) is 5.36. The Morgan fingerprint density at radius 3 is 2.57 bits per heavy atom. The Bertz CT molecular complexity index is 849. The van der Waals surface area contributed by atoms with Crippen LogP contribution < -0.4 is 9.64 Å². The second kappa shape index (κ2) is 8.91. The lowest BCUT2D eigenvalue weighted by Gasteiger charge is -2.26. The van der Waals surface area contributed by atoms with E-state index in [-0.39, 0.29) is 17.9 Å². The Kier molecular flexibility index (Phi) is 6.34. The number of methoxy groups -OCH3 is 1. The van der Waals surface area contributed by atoms with Gasteiger partial charge in [0.1, 0.15) is 5.75 Å². The Hall–Kier alpha value is -2.82. The molecule has 0 N–H and O–H groups in total. The lowest BCUT2D eigenvalue weighted by molar-refractivity contribution is -0.129. The maximum absolute atomic E-state index is 12.9. The molecule has 28 heavy (non-hydrogen) atoms. The number of fused-ring (bicyclic) bond motifs is 1. The monoisotopic (exact) mass is 380 g/mol. The van der Waals surface area contributed by atoms with Crippen molar-refractivity contribution in [2.24, 2.45) is 0 Å². The minimum atomic E-state index is -0.0161. The first-order valence-electron chi connectivity index (χ1n) is 9.78. The molecule has 0 aromatic heterocycles. The summed E-state index contributed by atoms with van der Waals surface area (Å²) in [5.74, 6) is 0.878. The summed E-state index contributed by atoms with van der Waals surface area (Å²) in [7, 11) is 1.65. The predicted molar refractivity (Wildman–Crippen MR) is 111 cm³/mol. The summed E-state index contributed by atoms with van der Waals surface area (Å²) in [5.41, 5.74) is 3.27. The largest absolute Gasteiger partial charge is 0.496 e. The van der Waals surface area contributed by atoms with E-state index in [1.165, 1.54) is 5.56 Å². The van der Waals surface area contributed by atoms with Crippen LogP contribution in [0, 0.1) is 0 Å². The fourth-order valence-electron chi connectivity index (χ4n) is 3.89. The van der Waals surface area contributed by atoms with Gasteiger partial charge in [-0.1, -0.05) is 36.4 Å². The number of carbonyl (C=O) groups is 2. The van der Waals surface area contributed by atoms with Gasteiger partial charge in [0.15, 0.2) is 0 Å². The van der Waals surface area contributed by atoms with Gasteiger partial charge in [-0.3, -0.25) is 9.59 Å². The molecule has 1 heterocycles. The molecule has 0 aliphatic carbocycles. The number of hydrogen-bond donors (Lipinski definition) is 0. The van der Waals surface area contributed by atoms with Gasteiger partial charge in [-0.2, -0.15) is 0 Å². The van der Waals surface area contributed by atoms with Gasteiger partial charge in [-0.25, -0.2) is 0 Å². The SMILES string of the molecule is COc1ccccc1CCN(CCC(=O)N1c2ccccc2CC1C)C(C)=O. The molecule has 1 unspecified atom stereocenters. The summed E-state index contributed by atoms with van der Waals surface area (Å²) < 4.78 is 5.38. The molecular formula is C23H28N2O3. The zero-order chi connectivity index (χ0) is 20.1. The minimum absolute atomic E-state index is 0.0161. The van der Waals surface area contributed by atoms with Crippen molar-refractivity contribution in [2.45, 2.75) is 39.2 Å². The number of benzene rings is 2. The molecule has 0 saturated heterocycles. The number of carbonyl (C=O) groups excluding carboxylic acids is 2. The van der Waals surface area contributed by atoms with Crippen molar-refractivity contribution in [2.75, 3.05) is 25.1 Å². The zero-order valence-electron chi connectivity index (χ0n) is 16.9. The predicted octanol–water partition coefficient (Wildman–Crippen LogP) is 3.45. The second-order valence-corrected chi connectivity index (χ2v) is 7.26. The summed E-state index contributed by atoms with van der Waals surface area (Å²) in [6.45, 7) is 4.62. The van der Waals surface area contributed by atoms with Crippen molar-refractivity contribution in [1.29, 1.82) is 0 Å². The molecule has 0 spiro atoms. The molecule has 1 aliphatic heterocycles. The van der Waals surface area contributed by atoms with E-state index in [4.69, 9.17) is 4.74 Å². The zero-order valence-corrected chi connectivity index (χ0v) is 16.9. The van der Waals surface area contributed by atoms with E-state index in [0.717, 1.165) is 23.4 Å². The average molecular weight is 380 g/mol. The van der Waals surface area contributed by atoms with Crippen molar-refractivity contribution < 1.29 is 14.3 Å². The number of para-hydroxylation sites is 2. The molecule has 2 aromatic carbocycles. The molecule has 0 saturated carbocycles. The molecule has 2 amide bonds. The van der Waals surface area contributed by atoms with Gasteiger partial charge in [-0.05, 0) is 43.0 Å². The molecule has 5 heteroatoms. The van der Waals surface area contributed by atoms with Crippen LogP contribution >= 0.6 is 0 Å². The lowest BCUT2D eigenvalue weighted by atomic mass is 10.1. The number of nitrogens with zero attached hydrogens (tertiary/aromatic N) is 2. The Morgan fingerprint density at radius 2 is 1.82 bits per heavy atom. The lowest BCUT2D eigenvalue weighted by Crippen LogP contribution is -2.39. The highest BCUT2D eigenvalue weighted by molar-refractivity contribution is 5.96. The summed E-state index contributed by atoms with van der Waals surface area (Å²) in [4.78, 5) is 28.6. The van der Waals surface area contributed by atoms with Crippen LogP contribution in [0.5, 0.6) is 5.75 Å². The maximum atomic E-state index is 12.9. The summed E-state index contributed by atoms with van der Waals surface area (Å²) in [6.07, 6.45) is 1.90. The first-order valence-corrected chi connectivity index (χ1v) is 9.78. The van der Waals surface area contributed by atoms with E-state index in [0.29, 0.717) is 25.9 Å². The van der Waals surface area contributed by atoms with E-state index in [1.807, 2.05) is 47.4 Å². The first kappa shape index (κ1) is 19.9. The molecule has 0 radical (unpaired) electrons. The highest BCUT2D eigenvalue weighted by Crippen LogP contribution is 2.32. The minimum Gasteiger partial charge on any atom is -0.496 e. The molecular weight excluding hydrogens is 352 g/mol. The maximum Gasteiger partial charge on any atom is 0.229 e. The molecule has 2 aromatic rings. The molecule has 1 aliphatic rings. The van der Waals surface area contributed by atoms with Gasteiger partial charge in [0.05, 0.1) is 7.11 Å². The topological polar surface area (TPSA) is 49.9 Å². The summed E-state index contributed by atoms with van der Waals surface area (Å²) >= 11 is 0. The first-order chi connectivity index (χ1) is 13.5. The number of rotatable bonds is 7.